The predicted molar refractivity (Wildman–Crippen MR) is 72.6 cm³/mol. The summed E-state index contributed by atoms with van der Waals surface area (Å²) in [6, 6.07) is 10.1. The van der Waals surface area contributed by atoms with Crippen LogP contribution in [0.5, 0.6) is 0 Å². The predicted octanol–water partition coefficient (Wildman–Crippen LogP) is 2.59. The summed E-state index contributed by atoms with van der Waals surface area (Å²) in [4.78, 5) is 8.90. The fourth-order valence-electron chi connectivity index (χ4n) is 1.41. The minimum absolute atomic E-state index is 0.957. The molecule has 3 nitrogen and oxygen atoms in total. The van der Waals surface area contributed by atoms with Crippen LogP contribution in [-0.2, 0) is 4.79 Å². The molecule has 0 saturated carbocycles. The van der Waals surface area contributed by atoms with Crippen LogP contribution in [0.2, 0.25) is 0 Å². The number of carbonyl (C=O) groups is 1. The third kappa shape index (κ3) is 7.18. The fourth-order valence-corrected chi connectivity index (χ4v) is 1.41. The second-order valence-corrected chi connectivity index (χ2v) is 4.10. The zero-order valence-corrected chi connectivity index (χ0v) is 11.1. The molecule has 1 aliphatic rings. The van der Waals surface area contributed by atoms with Crippen molar-refractivity contribution in [2.45, 2.75) is 12.6 Å². The lowest BCUT2D eigenvalue weighted by atomic mass is 10.1. The smallest absolute Gasteiger partial charge is 0.475 e. The number of benzene rings is 1. The zero-order valence-electron chi connectivity index (χ0n) is 11.1. The fraction of sp³-hybridized carbons (Fsp3) is 0.267. The van der Waals surface area contributed by atoms with E-state index in [1.165, 1.54) is 5.57 Å². The van der Waals surface area contributed by atoms with E-state index in [0.29, 0.717) is 0 Å². The number of hydrogen-bond acceptors (Lipinski definition) is 2. The summed E-state index contributed by atoms with van der Waals surface area (Å²) in [5, 5.41) is 10.4. The van der Waals surface area contributed by atoms with Gasteiger partial charge in [0, 0.05) is 24.2 Å². The monoisotopic (exact) mass is 297 g/mol. The van der Waals surface area contributed by atoms with Crippen LogP contribution in [0.25, 0.3) is 0 Å². The molecule has 2 N–H and O–H groups in total. The largest absolute Gasteiger partial charge is 0.490 e. The standard InChI is InChI=1S/C13H13N.C2HF3O2/c1-2-4-12(5-3-1)6-7-13-8-10-14-11-9-13;3-2(4,5)1(6)7/h1-5,8,14H,9-11H2;(H,6,7). The number of nitrogens with one attached hydrogen (secondary N) is 1. The van der Waals surface area contributed by atoms with Gasteiger partial charge in [-0.2, -0.15) is 13.2 Å². The van der Waals surface area contributed by atoms with Crippen LogP contribution in [0.15, 0.2) is 42.0 Å². The molecule has 0 aliphatic carbocycles. The van der Waals surface area contributed by atoms with E-state index in [-0.39, 0.29) is 0 Å². The van der Waals surface area contributed by atoms with Crippen LogP contribution in [0.3, 0.4) is 0 Å². The minimum atomic E-state index is -5.08. The lowest BCUT2D eigenvalue weighted by Gasteiger charge is -2.07. The van der Waals surface area contributed by atoms with Crippen LogP contribution in [0, 0.1) is 11.8 Å². The summed E-state index contributed by atoms with van der Waals surface area (Å²) in [6.07, 6.45) is -1.86. The van der Waals surface area contributed by atoms with Gasteiger partial charge in [-0.15, -0.1) is 0 Å². The molecule has 1 aromatic carbocycles. The molecule has 1 aliphatic heterocycles. The summed E-state index contributed by atoms with van der Waals surface area (Å²) in [6.45, 7) is 2.01. The van der Waals surface area contributed by atoms with Crippen LogP contribution in [0.1, 0.15) is 12.0 Å². The number of carboxylic acids is 1. The topological polar surface area (TPSA) is 49.3 Å². The van der Waals surface area contributed by atoms with Crippen molar-refractivity contribution in [2.24, 2.45) is 0 Å². The molecule has 1 aromatic rings. The van der Waals surface area contributed by atoms with Crippen LogP contribution < -0.4 is 5.32 Å². The Hall–Kier alpha value is -2.26. The highest BCUT2D eigenvalue weighted by atomic mass is 19.4. The number of halogens is 3. The first kappa shape index (κ1) is 16.8. The second kappa shape index (κ2) is 8.12. The molecule has 0 atom stereocenters. The maximum Gasteiger partial charge on any atom is 0.490 e. The summed E-state index contributed by atoms with van der Waals surface area (Å²) in [5.74, 6) is 3.62. The third-order valence-corrected chi connectivity index (χ3v) is 2.45. The first-order chi connectivity index (χ1) is 9.89. The van der Waals surface area contributed by atoms with Crippen molar-refractivity contribution in [3.8, 4) is 11.8 Å². The van der Waals surface area contributed by atoms with E-state index >= 15 is 0 Å². The van der Waals surface area contributed by atoms with Crippen molar-refractivity contribution < 1.29 is 23.1 Å². The quantitative estimate of drug-likeness (QED) is 0.724. The van der Waals surface area contributed by atoms with Gasteiger partial charge in [0.2, 0.25) is 0 Å². The van der Waals surface area contributed by atoms with E-state index in [1.54, 1.807) is 0 Å². The molecule has 21 heavy (non-hydrogen) atoms. The normalized spacial score (nSPS) is 14.0. The molecule has 0 bridgehead atoms. The average Bonchev–Trinajstić information content (AvgIpc) is 2.47. The van der Waals surface area contributed by atoms with Crippen molar-refractivity contribution in [1.82, 2.24) is 5.32 Å². The molecule has 2 rings (SSSR count). The van der Waals surface area contributed by atoms with E-state index in [0.717, 1.165) is 25.1 Å². The Labute approximate surface area is 120 Å². The molecule has 0 amide bonds. The Morgan fingerprint density at radius 2 is 1.81 bits per heavy atom. The van der Waals surface area contributed by atoms with E-state index in [2.05, 4.69) is 23.2 Å². The molecule has 0 radical (unpaired) electrons. The third-order valence-electron chi connectivity index (χ3n) is 2.45. The zero-order chi connectivity index (χ0) is 15.7. The Morgan fingerprint density at radius 3 is 2.29 bits per heavy atom. The highest BCUT2D eigenvalue weighted by Gasteiger charge is 2.38. The molecular weight excluding hydrogens is 283 g/mol. The molecule has 0 saturated heterocycles. The summed E-state index contributed by atoms with van der Waals surface area (Å²) in [7, 11) is 0. The summed E-state index contributed by atoms with van der Waals surface area (Å²) >= 11 is 0. The van der Waals surface area contributed by atoms with E-state index in [1.807, 2.05) is 30.3 Å². The van der Waals surface area contributed by atoms with Gasteiger partial charge < -0.3 is 10.4 Å². The van der Waals surface area contributed by atoms with Gasteiger partial charge in [0.05, 0.1) is 0 Å². The second-order valence-electron chi connectivity index (χ2n) is 4.10. The van der Waals surface area contributed by atoms with E-state index < -0.39 is 12.1 Å². The molecule has 0 unspecified atom stereocenters. The SMILES string of the molecule is C(#Cc1ccccc1)C1=CCNCC1.O=C(O)C(F)(F)F. The molecule has 0 spiro atoms. The maximum atomic E-state index is 10.6. The Kier molecular flexibility index (Phi) is 6.50. The van der Waals surface area contributed by atoms with Gasteiger partial charge in [-0.3, -0.25) is 0 Å². The van der Waals surface area contributed by atoms with E-state index in [4.69, 9.17) is 9.90 Å². The summed E-state index contributed by atoms with van der Waals surface area (Å²) in [5.41, 5.74) is 2.35. The van der Waals surface area contributed by atoms with Crippen molar-refractivity contribution in [1.29, 1.82) is 0 Å². The summed E-state index contributed by atoms with van der Waals surface area (Å²) < 4.78 is 31.7. The van der Waals surface area contributed by atoms with Crippen molar-refractivity contribution in [3.05, 3.63) is 47.5 Å². The molecule has 0 aromatic heterocycles. The number of rotatable bonds is 0. The first-order valence-electron chi connectivity index (χ1n) is 6.16. The van der Waals surface area contributed by atoms with Gasteiger partial charge in [0.1, 0.15) is 0 Å². The molecule has 1 heterocycles. The molecule has 112 valence electrons. The van der Waals surface area contributed by atoms with Gasteiger partial charge in [0.15, 0.2) is 0 Å². The van der Waals surface area contributed by atoms with Gasteiger partial charge >= 0.3 is 12.1 Å². The van der Waals surface area contributed by atoms with Crippen LogP contribution >= 0.6 is 0 Å². The Morgan fingerprint density at radius 1 is 1.19 bits per heavy atom. The highest BCUT2D eigenvalue weighted by molar-refractivity contribution is 5.73. The Bertz CT molecular complexity index is 554. The maximum absolute atomic E-state index is 10.6. The van der Waals surface area contributed by atoms with Gasteiger partial charge in [-0.1, -0.05) is 36.1 Å². The van der Waals surface area contributed by atoms with Crippen molar-refractivity contribution in [3.63, 3.8) is 0 Å². The first-order valence-corrected chi connectivity index (χ1v) is 6.16. The van der Waals surface area contributed by atoms with Crippen LogP contribution in [-0.4, -0.2) is 30.3 Å². The number of alkyl halides is 3. The number of aliphatic carboxylic acids is 1. The van der Waals surface area contributed by atoms with E-state index in [9.17, 15) is 13.2 Å². The van der Waals surface area contributed by atoms with Gasteiger partial charge in [-0.25, -0.2) is 4.79 Å². The lowest BCUT2D eigenvalue weighted by Crippen LogP contribution is -2.21. The lowest BCUT2D eigenvalue weighted by molar-refractivity contribution is -0.192. The Balaban J connectivity index is 0.000000270. The number of carboxylic acid groups (broad SMARTS) is 1. The number of hydrogen-bond donors (Lipinski definition) is 2. The minimum Gasteiger partial charge on any atom is -0.475 e. The van der Waals surface area contributed by atoms with Crippen LogP contribution in [0.4, 0.5) is 13.2 Å². The van der Waals surface area contributed by atoms with Crippen molar-refractivity contribution in [2.75, 3.05) is 13.1 Å². The van der Waals surface area contributed by atoms with Gasteiger partial charge in [-0.05, 0) is 18.6 Å². The van der Waals surface area contributed by atoms with Crippen molar-refractivity contribution >= 4 is 5.97 Å². The molecule has 6 heteroatoms. The molecule has 0 fully saturated rings. The average molecular weight is 297 g/mol. The van der Waals surface area contributed by atoms with Gasteiger partial charge in [0.25, 0.3) is 0 Å². The highest BCUT2D eigenvalue weighted by Crippen LogP contribution is 2.13. The molecular formula is C15H14F3NO2.